The van der Waals surface area contributed by atoms with Gasteiger partial charge in [-0.25, -0.2) is 0 Å². The maximum absolute atomic E-state index is 12.8. The summed E-state index contributed by atoms with van der Waals surface area (Å²) in [4.78, 5) is 0. The number of rotatable bonds is 2. The smallest absolute Gasteiger partial charge is 0.305 e. The minimum atomic E-state index is -4.27. The van der Waals surface area contributed by atoms with Gasteiger partial charge in [-0.2, -0.15) is 13.2 Å². The first-order chi connectivity index (χ1) is 7.54. The Morgan fingerprint density at radius 3 is 2.56 bits per heavy atom. The molecule has 0 saturated heterocycles. The lowest BCUT2D eigenvalue weighted by Crippen LogP contribution is -2.31. The van der Waals surface area contributed by atoms with Crippen LogP contribution < -0.4 is 5.32 Å². The molecule has 1 aromatic heterocycles. The van der Waals surface area contributed by atoms with Crippen LogP contribution in [-0.2, 0) is 0 Å². The van der Waals surface area contributed by atoms with Gasteiger partial charge < -0.3 is 5.32 Å². The molecular formula is C11H10F3NS. The van der Waals surface area contributed by atoms with Crippen LogP contribution in [0.1, 0.15) is 11.6 Å². The molecule has 0 amide bonds. The minimum Gasteiger partial charge on any atom is -0.305 e. The fourth-order valence-corrected chi connectivity index (χ4v) is 2.70. The molecule has 0 aliphatic rings. The first-order valence-corrected chi connectivity index (χ1v) is 5.62. The monoisotopic (exact) mass is 245 g/mol. The number of halogens is 3. The molecule has 5 heteroatoms. The van der Waals surface area contributed by atoms with Gasteiger partial charge in [0.1, 0.15) is 6.04 Å². The normalized spacial score (nSPS) is 14.2. The molecule has 1 atom stereocenters. The lowest BCUT2D eigenvalue weighted by molar-refractivity contribution is -0.155. The summed E-state index contributed by atoms with van der Waals surface area (Å²) in [7, 11) is 1.32. The molecule has 0 fully saturated rings. The second-order valence-corrected chi connectivity index (χ2v) is 4.36. The van der Waals surface area contributed by atoms with Crippen LogP contribution >= 0.6 is 11.3 Å². The average molecular weight is 245 g/mol. The molecule has 0 spiro atoms. The molecule has 2 rings (SSSR count). The molecular weight excluding hydrogens is 235 g/mol. The highest BCUT2D eigenvalue weighted by atomic mass is 32.1. The largest absolute Gasteiger partial charge is 0.407 e. The molecule has 86 valence electrons. The van der Waals surface area contributed by atoms with Gasteiger partial charge in [0.15, 0.2) is 0 Å². The number of thiophene rings is 1. The Bertz CT molecular complexity index is 489. The van der Waals surface area contributed by atoms with Crippen molar-refractivity contribution in [2.75, 3.05) is 7.05 Å². The lowest BCUT2D eigenvalue weighted by atomic mass is 10.1. The second kappa shape index (κ2) is 4.07. The predicted molar refractivity (Wildman–Crippen MR) is 59.7 cm³/mol. The van der Waals surface area contributed by atoms with Gasteiger partial charge in [-0.15, -0.1) is 11.3 Å². The Morgan fingerprint density at radius 2 is 1.94 bits per heavy atom. The quantitative estimate of drug-likeness (QED) is 0.850. The molecule has 16 heavy (non-hydrogen) atoms. The van der Waals surface area contributed by atoms with Gasteiger partial charge in [-0.1, -0.05) is 18.2 Å². The summed E-state index contributed by atoms with van der Waals surface area (Å²) in [5.41, 5.74) is 0.301. The van der Waals surface area contributed by atoms with Crippen LogP contribution in [0.4, 0.5) is 13.2 Å². The highest BCUT2D eigenvalue weighted by molar-refractivity contribution is 7.17. The van der Waals surface area contributed by atoms with Crippen LogP contribution in [0.3, 0.4) is 0 Å². The highest BCUT2D eigenvalue weighted by Crippen LogP contribution is 2.38. The molecule has 0 aliphatic carbocycles. The standard InChI is InChI=1S/C11H10F3NS/c1-15-10(11(12,13)14)8-6-16-9-5-3-2-4-7(8)9/h2-6,10,15H,1H3. The van der Waals surface area contributed by atoms with Gasteiger partial charge in [0.05, 0.1) is 0 Å². The Labute approximate surface area is 94.9 Å². The molecule has 1 aromatic carbocycles. The van der Waals surface area contributed by atoms with Crippen molar-refractivity contribution in [3.05, 3.63) is 35.2 Å². The van der Waals surface area contributed by atoms with E-state index in [9.17, 15) is 13.2 Å². The van der Waals surface area contributed by atoms with Crippen molar-refractivity contribution in [3.8, 4) is 0 Å². The van der Waals surface area contributed by atoms with Crippen molar-refractivity contribution in [3.63, 3.8) is 0 Å². The van der Waals surface area contributed by atoms with Gasteiger partial charge in [-0.05, 0) is 29.4 Å². The Kier molecular flexibility index (Phi) is 2.90. The van der Waals surface area contributed by atoms with E-state index in [-0.39, 0.29) is 0 Å². The van der Waals surface area contributed by atoms with Gasteiger partial charge in [0.2, 0.25) is 0 Å². The SMILES string of the molecule is CNC(c1csc2ccccc12)C(F)(F)F. The molecule has 0 aliphatic heterocycles. The van der Waals surface area contributed by atoms with Crippen molar-refractivity contribution < 1.29 is 13.2 Å². The number of fused-ring (bicyclic) bond motifs is 1. The summed E-state index contributed by atoms with van der Waals surface area (Å²) >= 11 is 1.33. The summed E-state index contributed by atoms with van der Waals surface area (Å²) in [6.45, 7) is 0. The van der Waals surface area contributed by atoms with E-state index < -0.39 is 12.2 Å². The van der Waals surface area contributed by atoms with Crippen LogP contribution in [0.25, 0.3) is 10.1 Å². The summed E-state index contributed by atoms with van der Waals surface area (Å²) in [6, 6.07) is 5.53. The molecule has 1 N–H and O–H groups in total. The van der Waals surface area contributed by atoms with Gasteiger partial charge >= 0.3 is 6.18 Å². The molecule has 0 saturated carbocycles. The van der Waals surface area contributed by atoms with Gasteiger partial charge in [0, 0.05) is 4.70 Å². The topological polar surface area (TPSA) is 12.0 Å². The van der Waals surface area contributed by atoms with Crippen LogP contribution in [-0.4, -0.2) is 13.2 Å². The maximum atomic E-state index is 12.8. The first kappa shape index (κ1) is 11.4. The third-order valence-corrected chi connectivity index (χ3v) is 3.42. The van der Waals surface area contributed by atoms with Crippen molar-refractivity contribution >= 4 is 21.4 Å². The molecule has 1 nitrogen and oxygen atoms in total. The zero-order valence-electron chi connectivity index (χ0n) is 8.51. The van der Waals surface area contributed by atoms with Crippen LogP contribution in [0.5, 0.6) is 0 Å². The Morgan fingerprint density at radius 1 is 1.25 bits per heavy atom. The van der Waals surface area contributed by atoms with E-state index >= 15 is 0 Å². The van der Waals surface area contributed by atoms with Gasteiger partial charge in [0.25, 0.3) is 0 Å². The van der Waals surface area contributed by atoms with Crippen molar-refractivity contribution in [2.45, 2.75) is 12.2 Å². The summed E-state index contributed by atoms with van der Waals surface area (Å²) < 4.78 is 39.1. The Hall–Kier alpha value is -1.07. The van der Waals surface area contributed by atoms with Crippen molar-refractivity contribution in [1.29, 1.82) is 0 Å². The number of hydrogen-bond acceptors (Lipinski definition) is 2. The van der Waals surface area contributed by atoms with E-state index in [0.29, 0.717) is 10.9 Å². The van der Waals surface area contributed by atoms with E-state index in [4.69, 9.17) is 0 Å². The van der Waals surface area contributed by atoms with Crippen molar-refractivity contribution in [1.82, 2.24) is 5.32 Å². The number of nitrogens with one attached hydrogen (secondary N) is 1. The summed E-state index contributed by atoms with van der Waals surface area (Å²) in [6.07, 6.45) is -4.27. The number of benzene rings is 1. The number of hydrogen-bond donors (Lipinski definition) is 1. The van der Waals surface area contributed by atoms with Crippen LogP contribution in [0.2, 0.25) is 0 Å². The molecule has 1 unspecified atom stereocenters. The lowest BCUT2D eigenvalue weighted by Gasteiger charge is -2.19. The third-order valence-electron chi connectivity index (χ3n) is 2.44. The number of alkyl halides is 3. The van der Waals surface area contributed by atoms with Gasteiger partial charge in [-0.3, -0.25) is 0 Å². The minimum absolute atomic E-state index is 0.301. The van der Waals surface area contributed by atoms with E-state index in [0.717, 1.165) is 4.70 Å². The maximum Gasteiger partial charge on any atom is 0.407 e. The fourth-order valence-electron chi connectivity index (χ4n) is 1.72. The molecule has 0 bridgehead atoms. The molecule has 0 radical (unpaired) electrons. The summed E-state index contributed by atoms with van der Waals surface area (Å²) in [5.74, 6) is 0. The fraction of sp³-hybridized carbons (Fsp3) is 0.273. The van der Waals surface area contributed by atoms with E-state index in [1.165, 1.54) is 18.4 Å². The molecule has 2 aromatic rings. The first-order valence-electron chi connectivity index (χ1n) is 4.74. The Balaban J connectivity index is 2.54. The zero-order chi connectivity index (χ0) is 11.8. The van der Waals surface area contributed by atoms with E-state index in [2.05, 4.69) is 5.32 Å². The summed E-state index contributed by atoms with van der Waals surface area (Å²) in [5, 5.41) is 4.56. The predicted octanol–water partition coefficient (Wildman–Crippen LogP) is 3.72. The van der Waals surface area contributed by atoms with Crippen molar-refractivity contribution in [2.24, 2.45) is 0 Å². The highest BCUT2D eigenvalue weighted by Gasteiger charge is 2.40. The van der Waals surface area contributed by atoms with E-state index in [1.807, 2.05) is 12.1 Å². The molecule has 1 heterocycles. The van der Waals surface area contributed by atoms with E-state index in [1.54, 1.807) is 17.5 Å². The van der Waals surface area contributed by atoms with Crippen LogP contribution in [0, 0.1) is 0 Å². The average Bonchev–Trinajstić information content (AvgIpc) is 2.61. The van der Waals surface area contributed by atoms with Crippen LogP contribution in [0.15, 0.2) is 29.6 Å². The second-order valence-electron chi connectivity index (χ2n) is 3.45. The third kappa shape index (κ3) is 1.92. The zero-order valence-corrected chi connectivity index (χ0v) is 9.32.